The van der Waals surface area contributed by atoms with Crippen LogP contribution in [0.2, 0.25) is 0 Å². The van der Waals surface area contributed by atoms with Crippen LogP contribution in [-0.4, -0.2) is 31.8 Å². The van der Waals surface area contributed by atoms with Crippen LogP contribution in [0.4, 0.5) is 5.69 Å². The summed E-state index contributed by atoms with van der Waals surface area (Å²) in [6.07, 6.45) is 2.89. The number of para-hydroxylation sites is 1. The maximum atomic E-state index is 5.94. The Kier molecular flexibility index (Phi) is 4.02. The highest BCUT2D eigenvalue weighted by Gasteiger charge is 2.31. The summed E-state index contributed by atoms with van der Waals surface area (Å²) >= 11 is 0. The molecule has 1 saturated heterocycles. The molecule has 1 aliphatic rings. The normalized spacial score (nSPS) is 25.8. The number of nitrogens with two attached hydrogens (primary N) is 1. The second kappa shape index (κ2) is 5.52. The molecule has 3 nitrogen and oxygen atoms in total. The van der Waals surface area contributed by atoms with Crippen LogP contribution < -0.4 is 10.6 Å². The SMILES string of the molecule is CC1CCC(C(CN)N(C)c2ccccc2)O1. The number of hydrogen-bond acceptors (Lipinski definition) is 3. The molecule has 1 heterocycles. The van der Waals surface area contributed by atoms with Crippen LogP contribution in [0.5, 0.6) is 0 Å². The topological polar surface area (TPSA) is 38.5 Å². The summed E-state index contributed by atoms with van der Waals surface area (Å²) in [5, 5.41) is 0. The Balaban J connectivity index is 2.08. The maximum Gasteiger partial charge on any atom is 0.0794 e. The summed E-state index contributed by atoms with van der Waals surface area (Å²) in [7, 11) is 2.10. The number of hydrogen-bond donors (Lipinski definition) is 1. The number of anilines is 1. The molecule has 2 rings (SSSR count). The van der Waals surface area contributed by atoms with E-state index < -0.39 is 0 Å². The number of nitrogens with zero attached hydrogens (tertiary/aromatic N) is 1. The lowest BCUT2D eigenvalue weighted by Gasteiger charge is -2.33. The van der Waals surface area contributed by atoms with Crippen LogP contribution in [0.15, 0.2) is 30.3 Å². The molecule has 1 fully saturated rings. The first kappa shape index (κ1) is 12.4. The van der Waals surface area contributed by atoms with Crippen LogP contribution in [0.3, 0.4) is 0 Å². The first-order valence-electron chi connectivity index (χ1n) is 6.35. The van der Waals surface area contributed by atoms with Crippen molar-refractivity contribution in [1.29, 1.82) is 0 Å². The Morgan fingerprint density at radius 3 is 2.59 bits per heavy atom. The molecule has 0 bridgehead atoms. The molecule has 0 radical (unpaired) electrons. The zero-order valence-corrected chi connectivity index (χ0v) is 10.7. The van der Waals surface area contributed by atoms with E-state index in [0.29, 0.717) is 12.6 Å². The minimum Gasteiger partial charge on any atom is -0.373 e. The van der Waals surface area contributed by atoms with Gasteiger partial charge in [0.15, 0.2) is 0 Å². The molecule has 0 amide bonds. The van der Waals surface area contributed by atoms with Crippen LogP contribution in [0.25, 0.3) is 0 Å². The Morgan fingerprint density at radius 1 is 1.35 bits per heavy atom. The van der Waals surface area contributed by atoms with E-state index in [1.54, 1.807) is 0 Å². The molecule has 0 spiro atoms. The lowest BCUT2D eigenvalue weighted by molar-refractivity contribution is 0.0411. The fraction of sp³-hybridized carbons (Fsp3) is 0.571. The number of rotatable bonds is 4. The summed E-state index contributed by atoms with van der Waals surface area (Å²) in [6, 6.07) is 10.6. The van der Waals surface area contributed by atoms with Crippen molar-refractivity contribution in [1.82, 2.24) is 0 Å². The third-order valence-corrected chi connectivity index (χ3v) is 3.60. The van der Waals surface area contributed by atoms with Gasteiger partial charge in [0.1, 0.15) is 0 Å². The predicted molar refractivity (Wildman–Crippen MR) is 71.3 cm³/mol. The Bertz CT molecular complexity index is 341. The number of ether oxygens (including phenoxy) is 1. The molecule has 1 aliphatic heterocycles. The van der Waals surface area contributed by atoms with Crippen LogP contribution in [-0.2, 0) is 4.74 Å². The van der Waals surface area contributed by atoms with Crippen molar-refractivity contribution >= 4 is 5.69 Å². The zero-order valence-electron chi connectivity index (χ0n) is 10.7. The van der Waals surface area contributed by atoms with Crippen molar-refractivity contribution in [2.75, 3.05) is 18.5 Å². The average Bonchev–Trinajstić information content (AvgIpc) is 2.78. The zero-order chi connectivity index (χ0) is 12.3. The van der Waals surface area contributed by atoms with Crippen molar-refractivity contribution < 1.29 is 4.74 Å². The van der Waals surface area contributed by atoms with Crippen molar-refractivity contribution in [3.63, 3.8) is 0 Å². The average molecular weight is 234 g/mol. The van der Waals surface area contributed by atoms with Gasteiger partial charge in [0, 0.05) is 19.3 Å². The molecule has 0 saturated carbocycles. The molecule has 3 heteroatoms. The van der Waals surface area contributed by atoms with Gasteiger partial charge < -0.3 is 15.4 Å². The highest BCUT2D eigenvalue weighted by Crippen LogP contribution is 2.26. The van der Waals surface area contributed by atoms with Gasteiger partial charge in [-0.25, -0.2) is 0 Å². The van der Waals surface area contributed by atoms with Gasteiger partial charge in [-0.3, -0.25) is 0 Å². The van der Waals surface area contributed by atoms with Crippen molar-refractivity contribution in [3.05, 3.63) is 30.3 Å². The quantitative estimate of drug-likeness (QED) is 0.866. The third kappa shape index (κ3) is 2.79. The van der Waals surface area contributed by atoms with Gasteiger partial charge in [-0.1, -0.05) is 18.2 Å². The fourth-order valence-corrected chi connectivity index (χ4v) is 2.53. The van der Waals surface area contributed by atoms with Gasteiger partial charge in [-0.05, 0) is 31.9 Å². The van der Waals surface area contributed by atoms with Gasteiger partial charge in [0.25, 0.3) is 0 Å². The van der Waals surface area contributed by atoms with Crippen molar-refractivity contribution in [3.8, 4) is 0 Å². The van der Waals surface area contributed by atoms with Crippen LogP contribution in [0.1, 0.15) is 19.8 Å². The first-order valence-corrected chi connectivity index (χ1v) is 6.35. The molecular formula is C14H22N2O. The highest BCUT2D eigenvalue weighted by atomic mass is 16.5. The van der Waals surface area contributed by atoms with E-state index in [1.807, 2.05) is 6.07 Å². The highest BCUT2D eigenvalue weighted by molar-refractivity contribution is 5.46. The van der Waals surface area contributed by atoms with Gasteiger partial charge >= 0.3 is 0 Å². The van der Waals surface area contributed by atoms with Crippen molar-refractivity contribution in [2.45, 2.75) is 38.0 Å². The smallest absolute Gasteiger partial charge is 0.0794 e. The maximum absolute atomic E-state index is 5.94. The van der Waals surface area contributed by atoms with E-state index >= 15 is 0 Å². The van der Waals surface area contributed by atoms with Crippen molar-refractivity contribution in [2.24, 2.45) is 5.73 Å². The van der Waals surface area contributed by atoms with E-state index in [2.05, 4.69) is 43.1 Å². The number of benzene rings is 1. The predicted octanol–water partition coefficient (Wildman–Crippen LogP) is 2.02. The summed E-state index contributed by atoms with van der Waals surface area (Å²) in [6.45, 7) is 2.76. The summed E-state index contributed by atoms with van der Waals surface area (Å²) < 4.78 is 5.94. The minimum atomic E-state index is 0.264. The lowest BCUT2D eigenvalue weighted by Crippen LogP contribution is -2.46. The standard InChI is InChI=1S/C14H22N2O/c1-11-8-9-14(17-11)13(10-15)16(2)12-6-4-3-5-7-12/h3-7,11,13-14H,8-10,15H2,1-2H3. The molecule has 1 aromatic rings. The Hall–Kier alpha value is -1.06. The fourth-order valence-electron chi connectivity index (χ4n) is 2.53. The number of likely N-dealkylation sites (N-methyl/N-ethyl adjacent to an activating group) is 1. The Morgan fingerprint density at radius 2 is 2.06 bits per heavy atom. The minimum absolute atomic E-state index is 0.264. The summed E-state index contributed by atoms with van der Waals surface area (Å²) in [4.78, 5) is 2.24. The lowest BCUT2D eigenvalue weighted by atomic mass is 10.1. The van der Waals surface area contributed by atoms with E-state index in [1.165, 1.54) is 5.69 Å². The van der Waals surface area contributed by atoms with Gasteiger partial charge in [-0.15, -0.1) is 0 Å². The molecule has 0 aromatic heterocycles. The Labute approximate surface area is 104 Å². The van der Waals surface area contributed by atoms with Gasteiger partial charge in [-0.2, -0.15) is 0 Å². The van der Waals surface area contributed by atoms with E-state index in [4.69, 9.17) is 10.5 Å². The largest absolute Gasteiger partial charge is 0.373 e. The van der Waals surface area contributed by atoms with E-state index in [9.17, 15) is 0 Å². The second-order valence-electron chi connectivity index (χ2n) is 4.81. The third-order valence-electron chi connectivity index (χ3n) is 3.60. The van der Waals surface area contributed by atoms with Crippen LogP contribution in [0, 0.1) is 0 Å². The second-order valence-corrected chi connectivity index (χ2v) is 4.81. The first-order chi connectivity index (χ1) is 8.22. The molecule has 94 valence electrons. The molecule has 3 atom stereocenters. The van der Waals surface area contributed by atoms with Crippen LogP contribution >= 0.6 is 0 Å². The monoisotopic (exact) mass is 234 g/mol. The molecule has 1 aromatic carbocycles. The molecule has 0 aliphatic carbocycles. The van der Waals surface area contributed by atoms with Gasteiger partial charge in [0.05, 0.1) is 18.2 Å². The molecule has 3 unspecified atom stereocenters. The molecular weight excluding hydrogens is 212 g/mol. The molecule has 2 N–H and O–H groups in total. The summed E-state index contributed by atoms with van der Waals surface area (Å²) in [5.41, 5.74) is 7.11. The van der Waals surface area contributed by atoms with Gasteiger partial charge in [0.2, 0.25) is 0 Å². The molecule has 17 heavy (non-hydrogen) atoms. The van der Waals surface area contributed by atoms with E-state index in [-0.39, 0.29) is 12.1 Å². The summed E-state index contributed by atoms with van der Waals surface area (Å²) in [5.74, 6) is 0. The van der Waals surface area contributed by atoms with E-state index in [0.717, 1.165) is 12.8 Å².